The third-order valence-electron chi connectivity index (χ3n) is 15.7. The molecule has 0 N–H and O–H groups in total. The minimum atomic E-state index is -0.781. The number of carbonyl (C=O) groups is 3. The van der Waals surface area contributed by atoms with Crippen LogP contribution in [0.4, 0.5) is 0 Å². The van der Waals surface area contributed by atoms with Crippen LogP contribution >= 0.6 is 0 Å². The van der Waals surface area contributed by atoms with Gasteiger partial charge in [0, 0.05) is 19.3 Å². The third kappa shape index (κ3) is 65.9. The molecule has 0 spiro atoms. The average molecular weight is 1120 g/mol. The van der Waals surface area contributed by atoms with Crippen molar-refractivity contribution < 1.29 is 28.6 Å². The quantitative estimate of drug-likeness (QED) is 0.0261. The van der Waals surface area contributed by atoms with E-state index in [1.807, 2.05) is 0 Å². The Hall–Kier alpha value is -2.89. The molecule has 0 saturated heterocycles. The zero-order valence-corrected chi connectivity index (χ0v) is 53.6. The van der Waals surface area contributed by atoms with Crippen molar-refractivity contribution in [1.82, 2.24) is 0 Å². The van der Waals surface area contributed by atoms with Gasteiger partial charge in [0.15, 0.2) is 6.10 Å². The van der Waals surface area contributed by atoms with Gasteiger partial charge in [-0.25, -0.2) is 0 Å². The molecule has 0 fully saturated rings. The van der Waals surface area contributed by atoms with Crippen LogP contribution in [0.15, 0.2) is 60.8 Å². The number of hydrogen-bond acceptors (Lipinski definition) is 6. The SMILES string of the molecule is CCCCC/C=C\C/C=C\CCCCCCCCCCCC(=O)OC(COC(=O)CCCCCCC/C=C\CCCCCCCCC)COC(=O)CCCCCCCCCCCCCCCCC/C=C\C/C=C\CCCCCCC. The molecule has 1 atom stereocenters. The van der Waals surface area contributed by atoms with E-state index >= 15 is 0 Å². The van der Waals surface area contributed by atoms with Gasteiger partial charge in [-0.2, -0.15) is 0 Å². The molecule has 0 saturated carbocycles. The normalized spacial score (nSPS) is 12.4. The zero-order valence-electron chi connectivity index (χ0n) is 53.6. The van der Waals surface area contributed by atoms with Crippen molar-refractivity contribution in [2.24, 2.45) is 0 Å². The molecule has 1 unspecified atom stereocenters. The van der Waals surface area contributed by atoms with E-state index in [0.717, 1.165) is 77.0 Å². The summed E-state index contributed by atoms with van der Waals surface area (Å²) in [6, 6.07) is 0. The maximum absolute atomic E-state index is 12.9. The van der Waals surface area contributed by atoms with Gasteiger partial charge in [0.2, 0.25) is 0 Å². The highest BCUT2D eigenvalue weighted by atomic mass is 16.6. The van der Waals surface area contributed by atoms with Crippen LogP contribution in [0.3, 0.4) is 0 Å². The lowest BCUT2D eigenvalue weighted by atomic mass is 10.0. The lowest BCUT2D eigenvalue weighted by Crippen LogP contribution is -2.30. The van der Waals surface area contributed by atoms with Gasteiger partial charge in [-0.3, -0.25) is 14.4 Å². The molecule has 0 aromatic heterocycles. The smallest absolute Gasteiger partial charge is 0.306 e. The third-order valence-corrected chi connectivity index (χ3v) is 15.7. The van der Waals surface area contributed by atoms with Crippen molar-refractivity contribution in [3.8, 4) is 0 Å². The molecular formula is C74H134O6. The monoisotopic (exact) mass is 1120 g/mol. The van der Waals surface area contributed by atoms with Gasteiger partial charge >= 0.3 is 17.9 Å². The summed E-state index contributed by atoms with van der Waals surface area (Å²) in [6.45, 7) is 6.65. The Bertz CT molecular complexity index is 1430. The van der Waals surface area contributed by atoms with E-state index in [1.165, 1.54) is 257 Å². The predicted octanol–water partition coefficient (Wildman–Crippen LogP) is 24.3. The molecule has 466 valence electrons. The van der Waals surface area contributed by atoms with Gasteiger partial charge in [-0.1, -0.05) is 306 Å². The van der Waals surface area contributed by atoms with E-state index in [0.29, 0.717) is 19.3 Å². The first-order valence-corrected chi connectivity index (χ1v) is 35.3. The minimum Gasteiger partial charge on any atom is -0.462 e. The summed E-state index contributed by atoms with van der Waals surface area (Å²) in [7, 11) is 0. The molecule has 0 aliphatic rings. The molecular weight excluding hydrogens is 985 g/mol. The first kappa shape index (κ1) is 77.1. The summed E-state index contributed by atoms with van der Waals surface area (Å²) in [5.41, 5.74) is 0. The van der Waals surface area contributed by atoms with E-state index in [4.69, 9.17) is 14.2 Å². The predicted molar refractivity (Wildman–Crippen MR) is 348 cm³/mol. The second-order valence-electron chi connectivity index (χ2n) is 23.8. The number of hydrogen-bond donors (Lipinski definition) is 0. The lowest BCUT2D eigenvalue weighted by molar-refractivity contribution is -0.167. The molecule has 0 heterocycles. The molecule has 0 rings (SSSR count). The van der Waals surface area contributed by atoms with Gasteiger partial charge in [0.05, 0.1) is 0 Å². The maximum Gasteiger partial charge on any atom is 0.306 e. The van der Waals surface area contributed by atoms with Crippen LogP contribution < -0.4 is 0 Å². The first-order valence-electron chi connectivity index (χ1n) is 35.3. The molecule has 0 aliphatic carbocycles. The fraction of sp³-hybridized carbons (Fsp3) is 0.824. The Labute approximate surface area is 498 Å². The van der Waals surface area contributed by atoms with Crippen molar-refractivity contribution in [3.05, 3.63) is 60.8 Å². The molecule has 6 heteroatoms. The lowest BCUT2D eigenvalue weighted by Gasteiger charge is -2.18. The van der Waals surface area contributed by atoms with Crippen molar-refractivity contribution in [2.75, 3.05) is 13.2 Å². The summed E-state index contributed by atoms with van der Waals surface area (Å²) in [5.74, 6) is -0.866. The second kappa shape index (κ2) is 68.6. The number of esters is 3. The number of rotatable bonds is 65. The molecule has 0 aromatic carbocycles. The number of ether oxygens (including phenoxy) is 3. The minimum absolute atomic E-state index is 0.0756. The van der Waals surface area contributed by atoms with E-state index in [1.54, 1.807) is 0 Å². The summed E-state index contributed by atoms with van der Waals surface area (Å²) in [4.78, 5) is 38.4. The van der Waals surface area contributed by atoms with E-state index in [-0.39, 0.29) is 31.1 Å². The molecule has 0 radical (unpaired) electrons. The van der Waals surface area contributed by atoms with Gasteiger partial charge in [-0.15, -0.1) is 0 Å². The summed E-state index contributed by atoms with van der Waals surface area (Å²) >= 11 is 0. The van der Waals surface area contributed by atoms with Crippen LogP contribution in [-0.2, 0) is 28.6 Å². The van der Waals surface area contributed by atoms with E-state index < -0.39 is 6.10 Å². The zero-order chi connectivity index (χ0) is 57.8. The van der Waals surface area contributed by atoms with Crippen molar-refractivity contribution in [1.29, 1.82) is 0 Å². The van der Waals surface area contributed by atoms with Crippen LogP contribution in [0, 0.1) is 0 Å². The van der Waals surface area contributed by atoms with Gasteiger partial charge < -0.3 is 14.2 Å². The number of unbranched alkanes of at least 4 members (excludes halogenated alkanes) is 44. The number of allylic oxidation sites excluding steroid dienone is 10. The summed E-state index contributed by atoms with van der Waals surface area (Å²) in [5, 5.41) is 0. The fourth-order valence-corrected chi connectivity index (χ4v) is 10.4. The Kier molecular flexibility index (Phi) is 66.1. The molecule has 6 nitrogen and oxygen atoms in total. The van der Waals surface area contributed by atoms with Crippen LogP contribution in [-0.4, -0.2) is 37.2 Å². The highest BCUT2D eigenvalue weighted by Crippen LogP contribution is 2.17. The first-order chi connectivity index (χ1) is 39.5. The standard InChI is InChI=1S/C74H134O6/c1-4-7-10-13-16-19-22-25-28-31-33-34-35-36-37-38-39-40-42-43-46-49-52-55-58-61-64-67-73(76)79-70-71(69-78-72(75)66-63-60-57-54-51-48-45-30-27-24-21-18-15-12-9-6-3)80-74(77)68-65-62-59-56-53-50-47-44-41-32-29-26-23-20-17-14-11-8-5-2/h17,20,22,25-26,29-31,33,45,71H,4-16,18-19,21,23-24,27-28,32,34-44,46-70H2,1-3H3/b20-17-,25-22-,29-26-,33-31-,45-30-. The Morgan fingerprint density at radius 2 is 0.450 bits per heavy atom. The van der Waals surface area contributed by atoms with Crippen molar-refractivity contribution in [2.45, 2.75) is 380 Å². The van der Waals surface area contributed by atoms with Crippen molar-refractivity contribution in [3.63, 3.8) is 0 Å². The number of carbonyl (C=O) groups excluding carboxylic acids is 3. The summed E-state index contributed by atoms with van der Waals surface area (Å²) in [6.07, 6.45) is 88.1. The average Bonchev–Trinajstić information content (AvgIpc) is 3.46. The van der Waals surface area contributed by atoms with Crippen LogP contribution in [0.25, 0.3) is 0 Å². The molecule has 0 amide bonds. The Morgan fingerprint density at radius 1 is 0.250 bits per heavy atom. The van der Waals surface area contributed by atoms with E-state index in [9.17, 15) is 14.4 Å². The van der Waals surface area contributed by atoms with Gasteiger partial charge in [0.25, 0.3) is 0 Å². The Balaban J connectivity index is 4.29. The van der Waals surface area contributed by atoms with Gasteiger partial charge in [-0.05, 0) is 109 Å². The Morgan fingerprint density at radius 3 is 0.725 bits per heavy atom. The maximum atomic E-state index is 12.9. The van der Waals surface area contributed by atoms with Crippen LogP contribution in [0.1, 0.15) is 374 Å². The molecule has 80 heavy (non-hydrogen) atoms. The molecule has 0 aromatic rings. The second-order valence-corrected chi connectivity index (χ2v) is 23.8. The topological polar surface area (TPSA) is 78.9 Å². The molecule has 0 aliphatic heterocycles. The largest absolute Gasteiger partial charge is 0.462 e. The molecule has 0 bridgehead atoms. The van der Waals surface area contributed by atoms with E-state index in [2.05, 4.69) is 81.5 Å². The van der Waals surface area contributed by atoms with Crippen LogP contribution in [0.2, 0.25) is 0 Å². The van der Waals surface area contributed by atoms with Crippen LogP contribution in [0.5, 0.6) is 0 Å². The fourth-order valence-electron chi connectivity index (χ4n) is 10.4. The highest BCUT2D eigenvalue weighted by Gasteiger charge is 2.19. The summed E-state index contributed by atoms with van der Waals surface area (Å²) < 4.78 is 17.0. The highest BCUT2D eigenvalue weighted by molar-refractivity contribution is 5.71. The van der Waals surface area contributed by atoms with Gasteiger partial charge in [0.1, 0.15) is 13.2 Å². The van der Waals surface area contributed by atoms with Crippen molar-refractivity contribution >= 4 is 17.9 Å².